The molecule has 2 aromatic carbocycles. The Morgan fingerprint density at radius 2 is 1.11 bits per heavy atom. The molecule has 0 unspecified atom stereocenters. The fourth-order valence-corrected chi connectivity index (χ4v) is 3.96. The van der Waals surface area contributed by atoms with Crippen molar-refractivity contribution in [2.45, 2.75) is 66.6 Å². The Labute approximate surface area is 209 Å². The summed E-state index contributed by atoms with van der Waals surface area (Å²) in [5.41, 5.74) is 1.24. The van der Waals surface area contributed by atoms with Gasteiger partial charge < -0.3 is 18.9 Å². The molecule has 0 fully saturated rings. The zero-order valence-electron chi connectivity index (χ0n) is 22.0. The standard InChI is InChI=1S/C29H40O6/c1-21(2)15-16-29(22(3)4,17-27(30)34-19-23-7-11-25(32-5)12-8-23)18-28(31)35-20-24-9-13-26(33-6)14-10-24/h7-14,21-22H,15-20H2,1-6H3. The summed E-state index contributed by atoms with van der Waals surface area (Å²) in [7, 11) is 3.22. The molecule has 35 heavy (non-hydrogen) atoms. The molecular formula is C29H40O6. The van der Waals surface area contributed by atoms with E-state index in [9.17, 15) is 9.59 Å². The first-order valence-electron chi connectivity index (χ1n) is 12.2. The molecule has 0 heterocycles. The van der Waals surface area contributed by atoms with Crippen molar-refractivity contribution < 1.29 is 28.5 Å². The first-order valence-corrected chi connectivity index (χ1v) is 12.2. The smallest absolute Gasteiger partial charge is 0.306 e. The average Bonchev–Trinajstić information content (AvgIpc) is 2.85. The van der Waals surface area contributed by atoms with E-state index in [4.69, 9.17) is 18.9 Å². The quantitative estimate of drug-likeness (QED) is 0.291. The third kappa shape index (κ3) is 9.27. The number of esters is 2. The monoisotopic (exact) mass is 484 g/mol. The lowest BCUT2D eigenvalue weighted by atomic mass is 9.68. The van der Waals surface area contributed by atoms with Crippen LogP contribution in [0.5, 0.6) is 11.5 Å². The van der Waals surface area contributed by atoms with Gasteiger partial charge in [0.25, 0.3) is 0 Å². The zero-order chi connectivity index (χ0) is 25.8. The van der Waals surface area contributed by atoms with E-state index in [-0.39, 0.29) is 43.9 Å². The van der Waals surface area contributed by atoms with Crippen LogP contribution in [0.2, 0.25) is 0 Å². The molecule has 0 radical (unpaired) electrons. The fraction of sp³-hybridized carbons (Fsp3) is 0.517. The van der Waals surface area contributed by atoms with Crippen LogP contribution in [0.3, 0.4) is 0 Å². The summed E-state index contributed by atoms with van der Waals surface area (Å²) in [6.07, 6.45) is 2.00. The van der Waals surface area contributed by atoms with E-state index >= 15 is 0 Å². The van der Waals surface area contributed by atoms with Gasteiger partial charge in [0.1, 0.15) is 24.7 Å². The summed E-state index contributed by atoms with van der Waals surface area (Å²) >= 11 is 0. The number of rotatable bonds is 14. The van der Waals surface area contributed by atoms with Crippen LogP contribution in [0.4, 0.5) is 0 Å². The highest BCUT2D eigenvalue weighted by Crippen LogP contribution is 2.42. The van der Waals surface area contributed by atoms with Gasteiger partial charge in [-0.3, -0.25) is 9.59 Å². The number of hydrogen-bond acceptors (Lipinski definition) is 6. The molecule has 0 bridgehead atoms. The second-order valence-corrected chi connectivity index (χ2v) is 9.82. The summed E-state index contributed by atoms with van der Waals surface area (Å²) in [5, 5.41) is 0. The van der Waals surface area contributed by atoms with Crippen LogP contribution in [0.15, 0.2) is 48.5 Å². The minimum Gasteiger partial charge on any atom is -0.497 e. The van der Waals surface area contributed by atoms with Crippen LogP contribution in [0, 0.1) is 17.3 Å². The maximum Gasteiger partial charge on any atom is 0.306 e. The van der Waals surface area contributed by atoms with E-state index in [2.05, 4.69) is 27.7 Å². The van der Waals surface area contributed by atoms with Gasteiger partial charge in [0.15, 0.2) is 0 Å². The predicted molar refractivity (Wildman–Crippen MR) is 136 cm³/mol. The second kappa shape index (κ2) is 13.8. The molecule has 0 N–H and O–H groups in total. The number of benzene rings is 2. The normalized spacial score (nSPS) is 11.4. The second-order valence-electron chi connectivity index (χ2n) is 9.82. The van der Waals surface area contributed by atoms with Crippen molar-refractivity contribution in [2.75, 3.05) is 14.2 Å². The molecule has 192 valence electrons. The molecule has 0 saturated carbocycles. The topological polar surface area (TPSA) is 71.1 Å². The van der Waals surface area contributed by atoms with Gasteiger partial charge in [-0.05, 0) is 59.1 Å². The molecule has 0 aliphatic carbocycles. The third-order valence-electron chi connectivity index (χ3n) is 6.55. The van der Waals surface area contributed by atoms with Crippen LogP contribution in [-0.4, -0.2) is 26.2 Å². The summed E-state index contributed by atoms with van der Waals surface area (Å²) < 4.78 is 21.5. The molecule has 6 nitrogen and oxygen atoms in total. The maximum absolute atomic E-state index is 12.9. The molecule has 0 aliphatic rings. The van der Waals surface area contributed by atoms with Gasteiger partial charge in [-0.15, -0.1) is 0 Å². The highest BCUT2D eigenvalue weighted by atomic mass is 16.5. The SMILES string of the molecule is COc1ccc(COC(=O)CC(CCC(C)C)(CC(=O)OCc2ccc(OC)cc2)C(C)C)cc1. The fourth-order valence-electron chi connectivity index (χ4n) is 3.96. The van der Waals surface area contributed by atoms with Crippen LogP contribution in [0.25, 0.3) is 0 Å². The third-order valence-corrected chi connectivity index (χ3v) is 6.55. The van der Waals surface area contributed by atoms with Gasteiger partial charge in [-0.1, -0.05) is 58.4 Å². The highest BCUT2D eigenvalue weighted by molar-refractivity contribution is 5.74. The Morgan fingerprint density at radius 3 is 1.43 bits per heavy atom. The maximum atomic E-state index is 12.9. The molecule has 2 rings (SSSR count). The first kappa shape index (κ1) is 28.2. The minimum absolute atomic E-state index is 0.100. The van der Waals surface area contributed by atoms with Gasteiger partial charge in [-0.2, -0.15) is 0 Å². The molecule has 0 saturated heterocycles. The Morgan fingerprint density at radius 1 is 0.714 bits per heavy atom. The van der Waals surface area contributed by atoms with E-state index in [1.54, 1.807) is 14.2 Å². The number of ether oxygens (including phenoxy) is 4. The van der Waals surface area contributed by atoms with E-state index in [0.29, 0.717) is 5.92 Å². The van der Waals surface area contributed by atoms with Crippen molar-refractivity contribution in [2.24, 2.45) is 17.3 Å². The lowest BCUT2D eigenvalue weighted by Gasteiger charge is -2.37. The van der Waals surface area contributed by atoms with E-state index < -0.39 is 5.41 Å². The van der Waals surface area contributed by atoms with Crippen molar-refractivity contribution >= 4 is 11.9 Å². The molecule has 0 spiro atoms. The van der Waals surface area contributed by atoms with Gasteiger partial charge in [0.05, 0.1) is 27.1 Å². The Hall–Kier alpha value is -3.02. The largest absolute Gasteiger partial charge is 0.497 e. The molecule has 0 atom stereocenters. The van der Waals surface area contributed by atoms with Crippen LogP contribution >= 0.6 is 0 Å². The molecule has 0 amide bonds. The van der Waals surface area contributed by atoms with Gasteiger partial charge in [0, 0.05) is 0 Å². The summed E-state index contributed by atoms with van der Waals surface area (Å²) in [4.78, 5) is 25.8. The van der Waals surface area contributed by atoms with Crippen molar-refractivity contribution in [1.82, 2.24) is 0 Å². The molecule has 2 aromatic rings. The minimum atomic E-state index is -0.530. The van der Waals surface area contributed by atoms with Crippen molar-refractivity contribution in [3.8, 4) is 11.5 Å². The average molecular weight is 485 g/mol. The number of carbonyl (C=O) groups is 2. The van der Waals surface area contributed by atoms with Crippen molar-refractivity contribution in [3.63, 3.8) is 0 Å². The van der Waals surface area contributed by atoms with Crippen molar-refractivity contribution in [3.05, 3.63) is 59.7 Å². The molecule has 0 aromatic heterocycles. The van der Waals surface area contributed by atoms with Crippen LogP contribution < -0.4 is 9.47 Å². The van der Waals surface area contributed by atoms with Crippen molar-refractivity contribution in [1.29, 1.82) is 0 Å². The summed E-state index contributed by atoms with van der Waals surface area (Å²) in [6, 6.07) is 14.8. The lowest BCUT2D eigenvalue weighted by Crippen LogP contribution is -2.34. The van der Waals surface area contributed by atoms with Crippen LogP contribution in [0.1, 0.15) is 64.5 Å². The number of methoxy groups -OCH3 is 2. The van der Waals surface area contributed by atoms with E-state index in [0.717, 1.165) is 35.5 Å². The number of carbonyl (C=O) groups excluding carboxylic acids is 2. The Balaban J connectivity index is 2.04. The van der Waals surface area contributed by atoms with Gasteiger partial charge >= 0.3 is 11.9 Å². The molecule has 6 heteroatoms. The molecule has 0 aliphatic heterocycles. The lowest BCUT2D eigenvalue weighted by molar-refractivity contribution is -0.154. The summed E-state index contributed by atoms with van der Waals surface area (Å²) in [6.45, 7) is 8.79. The van der Waals surface area contributed by atoms with E-state index in [1.165, 1.54) is 0 Å². The molecular weight excluding hydrogens is 444 g/mol. The van der Waals surface area contributed by atoms with Gasteiger partial charge in [-0.25, -0.2) is 0 Å². The summed E-state index contributed by atoms with van der Waals surface area (Å²) in [5.74, 6) is 1.45. The van der Waals surface area contributed by atoms with E-state index in [1.807, 2.05) is 48.5 Å². The highest BCUT2D eigenvalue weighted by Gasteiger charge is 2.39. The van der Waals surface area contributed by atoms with Gasteiger partial charge in [0.2, 0.25) is 0 Å². The zero-order valence-corrected chi connectivity index (χ0v) is 22.0. The van der Waals surface area contributed by atoms with Crippen LogP contribution in [-0.2, 0) is 32.3 Å². The predicted octanol–water partition coefficient (Wildman–Crippen LogP) is 6.35. The first-order chi connectivity index (χ1) is 16.7. The number of hydrogen-bond donors (Lipinski definition) is 0. The Bertz CT molecular complexity index is 850. The Kier molecular flexibility index (Phi) is 11.1.